The first kappa shape index (κ1) is 20.1. The van der Waals surface area contributed by atoms with Crippen LogP contribution in [0.4, 0.5) is 5.13 Å². The van der Waals surface area contributed by atoms with Crippen molar-refractivity contribution >= 4 is 57.1 Å². The fourth-order valence-corrected chi connectivity index (χ4v) is 4.78. The maximum atomic E-state index is 12.3. The van der Waals surface area contributed by atoms with E-state index in [1.165, 1.54) is 34.4 Å². The number of rotatable bonds is 7. The van der Waals surface area contributed by atoms with Crippen LogP contribution in [0, 0.1) is 0 Å². The minimum atomic E-state index is -0.205. The van der Waals surface area contributed by atoms with E-state index in [2.05, 4.69) is 20.5 Å². The molecule has 0 aliphatic rings. The van der Waals surface area contributed by atoms with E-state index in [4.69, 9.17) is 11.6 Å². The van der Waals surface area contributed by atoms with E-state index in [1.807, 2.05) is 54.3 Å². The summed E-state index contributed by atoms with van der Waals surface area (Å²) >= 11 is 10.4. The molecule has 3 aromatic rings. The van der Waals surface area contributed by atoms with Gasteiger partial charge in [0.2, 0.25) is 5.13 Å². The van der Waals surface area contributed by atoms with Crippen LogP contribution in [0.2, 0.25) is 5.02 Å². The number of nitrogens with zero attached hydrogens (tertiary/aromatic N) is 4. The van der Waals surface area contributed by atoms with Gasteiger partial charge in [-0.05, 0) is 25.5 Å². The molecule has 10 heteroatoms. The minimum absolute atomic E-state index is 0.205. The number of amides is 1. The second-order valence-corrected chi connectivity index (χ2v) is 9.35. The number of carbonyl (C=O) groups is 1. The molecule has 1 N–H and O–H groups in total. The Labute approximate surface area is 174 Å². The molecule has 142 valence electrons. The molecule has 0 radical (unpaired) electrons. The molecule has 3 rings (SSSR count). The van der Waals surface area contributed by atoms with Gasteiger partial charge < -0.3 is 9.88 Å². The second-order valence-electron chi connectivity index (χ2n) is 5.87. The van der Waals surface area contributed by atoms with E-state index in [0.717, 1.165) is 15.0 Å². The molecule has 2 aromatic heterocycles. The van der Waals surface area contributed by atoms with Gasteiger partial charge in [0.05, 0.1) is 12.3 Å². The van der Waals surface area contributed by atoms with Gasteiger partial charge in [-0.25, -0.2) is 0 Å². The van der Waals surface area contributed by atoms with Crippen molar-refractivity contribution in [1.29, 1.82) is 0 Å². The van der Waals surface area contributed by atoms with Crippen molar-refractivity contribution in [2.75, 3.05) is 11.1 Å². The highest BCUT2D eigenvalue weighted by Crippen LogP contribution is 2.25. The number of aromatic nitrogens is 3. The number of carbonyl (C=O) groups excluding carboxylic acids is 1. The van der Waals surface area contributed by atoms with Gasteiger partial charge in [-0.3, -0.25) is 4.79 Å². The highest BCUT2D eigenvalue weighted by Gasteiger charge is 2.09. The molecule has 1 aromatic carbocycles. The smallest absolute Gasteiger partial charge is 0.258 e. The number of benzene rings is 1. The molecule has 0 spiro atoms. The van der Waals surface area contributed by atoms with Gasteiger partial charge in [-0.15, -0.1) is 21.5 Å². The average molecular weight is 440 g/mol. The molecule has 0 unspecified atom stereocenters. The van der Waals surface area contributed by atoms with Gasteiger partial charge in [0.25, 0.3) is 5.91 Å². The van der Waals surface area contributed by atoms with Crippen LogP contribution in [0.1, 0.15) is 19.4 Å². The quantitative estimate of drug-likeness (QED) is 0.560. The summed E-state index contributed by atoms with van der Waals surface area (Å²) < 4.78 is 2.67. The molecule has 6 nitrogen and oxygen atoms in total. The lowest BCUT2D eigenvalue weighted by Gasteiger charge is -2.05. The fourth-order valence-electron chi connectivity index (χ4n) is 2.15. The molecular weight excluding hydrogens is 422 g/mol. The molecule has 0 fully saturated rings. The van der Waals surface area contributed by atoms with Crippen LogP contribution >= 0.6 is 46.0 Å². The Morgan fingerprint density at radius 2 is 2.19 bits per heavy atom. The Morgan fingerprint density at radius 1 is 1.37 bits per heavy atom. The van der Waals surface area contributed by atoms with E-state index in [1.54, 1.807) is 0 Å². The number of nitrogens with one attached hydrogen (secondary N) is 1. The lowest BCUT2D eigenvalue weighted by atomic mass is 10.2. The Kier molecular flexibility index (Phi) is 7.06. The molecule has 2 heterocycles. The highest BCUT2D eigenvalue weighted by atomic mass is 35.5. The van der Waals surface area contributed by atoms with Crippen molar-refractivity contribution in [1.82, 2.24) is 14.8 Å². The number of thiazole rings is 1. The van der Waals surface area contributed by atoms with Gasteiger partial charge in [-0.1, -0.05) is 52.9 Å². The van der Waals surface area contributed by atoms with E-state index in [9.17, 15) is 4.79 Å². The van der Waals surface area contributed by atoms with Crippen LogP contribution in [0.3, 0.4) is 0 Å². The van der Waals surface area contributed by atoms with Crippen LogP contribution < -0.4 is 10.1 Å². The normalized spacial score (nSPS) is 11.9. The first-order valence-corrected chi connectivity index (χ1v) is 11.2. The van der Waals surface area contributed by atoms with Gasteiger partial charge >= 0.3 is 0 Å². The third-order valence-corrected chi connectivity index (χ3v) is 6.45. The number of halogens is 1. The van der Waals surface area contributed by atoms with Gasteiger partial charge in [0, 0.05) is 22.6 Å². The van der Waals surface area contributed by atoms with E-state index in [0.29, 0.717) is 22.4 Å². The monoisotopic (exact) mass is 439 g/mol. The predicted octanol–water partition coefficient (Wildman–Crippen LogP) is 4.14. The molecular formula is C17H18ClN5OS3. The molecule has 0 aliphatic carbocycles. The standard InChI is InChI=1S/C17H18ClN5OS3/c1-11(2)19-15-21-22-17(27-15)26-10-14(24)20-16-23(7-8-25-16)9-12-5-3-4-6-13(12)18/h3-8,11H,9-10H2,1-2H3,(H,19,21). The van der Waals surface area contributed by atoms with E-state index in [-0.39, 0.29) is 11.7 Å². The van der Waals surface area contributed by atoms with Crippen molar-refractivity contribution in [3.8, 4) is 0 Å². The topological polar surface area (TPSA) is 72.2 Å². The van der Waals surface area contributed by atoms with Crippen LogP contribution in [0.5, 0.6) is 0 Å². The summed E-state index contributed by atoms with van der Waals surface area (Å²) in [6, 6.07) is 7.95. The van der Waals surface area contributed by atoms with E-state index < -0.39 is 0 Å². The van der Waals surface area contributed by atoms with Crippen molar-refractivity contribution in [3.05, 3.63) is 51.2 Å². The maximum absolute atomic E-state index is 12.3. The molecule has 0 aliphatic heterocycles. The Morgan fingerprint density at radius 3 is 2.96 bits per heavy atom. The van der Waals surface area contributed by atoms with Crippen LogP contribution in [0.25, 0.3) is 0 Å². The van der Waals surface area contributed by atoms with E-state index >= 15 is 0 Å². The van der Waals surface area contributed by atoms with Gasteiger partial charge in [0.1, 0.15) is 0 Å². The molecule has 27 heavy (non-hydrogen) atoms. The molecule has 1 amide bonds. The first-order chi connectivity index (χ1) is 13.0. The van der Waals surface area contributed by atoms with Gasteiger partial charge in [-0.2, -0.15) is 4.99 Å². The van der Waals surface area contributed by atoms with Crippen molar-refractivity contribution < 1.29 is 4.79 Å². The largest absolute Gasteiger partial charge is 0.358 e. The third kappa shape index (κ3) is 5.90. The number of hydrogen-bond donors (Lipinski definition) is 1. The van der Waals surface area contributed by atoms with Crippen LogP contribution in [-0.4, -0.2) is 32.5 Å². The molecule has 0 saturated heterocycles. The lowest BCUT2D eigenvalue weighted by molar-refractivity contribution is -0.115. The summed E-state index contributed by atoms with van der Waals surface area (Å²) in [6.07, 6.45) is 1.90. The summed E-state index contributed by atoms with van der Waals surface area (Å²) in [5.41, 5.74) is 0.986. The van der Waals surface area contributed by atoms with Crippen LogP contribution in [0.15, 0.2) is 45.2 Å². The lowest BCUT2D eigenvalue weighted by Crippen LogP contribution is -2.17. The molecule has 0 atom stereocenters. The minimum Gasteiger partial charge on any atom is -0.358 e. The van der Waals surface area contributed by atoms with Crippen molar-refractivity contribution in [3.63, 3.8) is 0 Å². The van der Waals surface area contributed by atoms with Crippen molar-refractivity contribution in [2.24, 2.45) is 4.99 Å². The summed E-state index contributed by atoms with van der Waals surface area (Å²) in [5.74, 6) is 0.0178. The van der Waals surface area contributed by atoms with Crippen molar-refractivity contribution in [2.45, 2.75) is 30.8 Å². The summed E-state index contributed by atoms with van der Waals surface area (Å²) in [5, 5.41) is 14.7. The SMILES string of the molecule is CC(C)Nc1nnc(SCC(=O)N=c2sccn2Cc2ccccc2Cl)s1. The van der Waals surface area contributed by atoms with Crippen LogP contribution in [-0.2, 0) is 11.3 Å². The zero-order chi connectivity index (χ0) is 19.2. The van der Waals surface area contributed by atoms with Gasteiger partial charge in [0.15, 0.2) is 9.14 Å². The zero-order valence-electron chi connectivity index (χ0n) is 14.8. The first-order valence-electron chi connectivity index (χ1n) is 8.19. The number of thioether (sulfide) groups is 1. The molecule has 0 saturated carbocycles. The Hall–Kier alpha value is -1.68. The number of hydrogen-bond acceptors (Lipinski definition) is 7. The molecule has 0 bridgehead atoms. The average Bonchev–Trinajstić information content (AvgIpc) is 3.24. The summed E-state index contributed by atoms with van der Waals surface area (Å²) in [4.78, 5) is 17.1. The number of anilines is 1. The maximum Gasteiger partial charge on any atom is 0.258 e. The summed E-state index contributed by atoms with van der Waals surface area (Å²) in [6.45, 7) is 4.65. The third-order valence-electron chi connectivity index (χ3n) is 3.32. The Bertz CT molecular complexity index is 979. The summed E-state index contributed by atoms with van der Waals surface area (Å²) in [7, 11) is 0. The Balaban J connectivity index is 1.63. The predicted molar refractivity (Wildman–Crippen MR) is 113 cm³/mol. The fraction of sp³-hybridized carbons (Fsp3) is 0.294. The second kappa shape index (κ2) is 9.50. The highest BCUT2D eigenvalue weighted by molar-refractivity contribution is 8.01. The zero-order valence-corrected chi connectivity index (χ0v) is 18.0.